The minimum atomic E-state index is -3.99. The van der Waals surface area contributed by atoms with Crippen LogP contribution in [0, 0.1) is 11.6 Å². The number of sulfonamides is 1. The monoisotopic (exact) mass is 492 g/mol. The summed E-state index contributed by atoms with van der Waals surface area (Å²) >= 11 is 5.76. The summed E-state index contributed by atoms with van der Waals surface area (Å²) in [6.07, 6.45) is 0. The van der Waals surface area contributed by atoms with Crippen LogP contribution in [0.5, 0.6) is 5.75 Å². The van der Waals surface area contributed by atoms with Crippen molar-refractivity contribution >= 4 is 27.5 Å². The molecule has 1 heterocycles. The minimum Gasteiger partial charge on any atom is -0.492 e. The van der Waals surface area contributed by atoms with E-state index in [-0.39, 0.29) is 41.7 Å². The average Bonchev–Trinajstić information content (AvgIpc) is 3.02. The van der Waals surface area contributed by atoms with Crippen molar-refractivity contribution in [1.29, 1.82) is 0 Å². The Bertz CT molecular complexity index is 1320. The van der Waals surface area contributed by atoms with Gasteiger partial charge in [0.25, 0.3) is 5.91 Å². The molecule has 3 aromatic rings. The zero-order valence-corrected chi connectivity index (χ0v) is 18.8. The Balaban J connectivity index is 1.55. The molecule has 33 heavy (non-hydrogen) atoms. The molecular formula is C23H19ClF2N2O4S. The summed E-state index contributed by atoms with van der Waals surface area (Å²) in [6, 6.07) is 14.0. The lowest BCUT2D eigenvalue weighted by atomic mass is 10.1. The first-order valence-electron chi connectivity index (χ1n) is 9.98. The zero-order chi connectivity index (χ0) is 23.6. The molecule has 0 atom stereocenters. The smallest absolute Gasteiger partial charge is 0.251 e. The number of fused-ring (bicyclic) bond motifs is 1. The second kappa shape index (κ2) is 9.46. The maximum Gasteiger partial charge on any atom is 0.251 e. The maximum atomic E-state index is 13.8. The van der Waals surface area contributed by atoms with Gasteiger partial charge in [0.1, 0.15) is 24.0 Å². The molecule has 1 amide bonds. The number of hydrogen-bond acceptors (Lipinski definition) is 4. The third-order valence-corrected chi connectivity index (χ3v) is 7.32. The molecule has 0 saturated heterocycles. The number of carbonyl (C=O) groups excluding carboxylic acids is 1. The van der Waals surface area contributed by atoms with Gasteiger partial charge in [0.15, 0.2) is 0 Å². The molecule has 0 bridgehead atoms. The first-order chi connectivity index (χ1) is 15.8. The van der Waals surface area contributed by atoms with Gasteiger partial charge in [-0.05, 0) is 42.5 Å². The van der Waals surface area contributed by atoms with Crippen LogP contribution in [0.4, 0.5) is 8.78 Å². The summed E-state index contributed by atoms with van der Waals surface area (Å²) < 4.78 is 60.3. The molecule has 0 aliphatic carbocycles. The first-order valence-corrected chi connectivity index (χ1v) is 11.8. The van der Waals surface area contributed by atoms with Gasteiger partial charge in [-0.25, -0.2) is 17.2 Å². The van der Waals surface area contributed by atoms with Crippen molar-refractivity contribution < 1.29 is 26.7 Å². The van der Waals surface area contributed by atoms with Gasteiger partial charge in [0.2, 0.25) is 10.0 Å². The standard InChI is InChI=1S/C23H19ClF2N2O4S/c24-19-12-18(6-7-21(19)26)33(30,31)28-9-10-32-22-8-5-15(11-17(22)14-28)23(29)27-13-16-3-1-2-4-20(16)25/h1-8,11-12H,9-10,13-14H2,(H,27,29). The molecule has 0 spiro atoms. The van der Waals surface area contributed by atoms with E-state index in [2.05, 4.69) is 5.32 Å². The Kier molecular flexibility index (Phi) is 6.64. The number of halogens is 3. The lowest BCUT2D eigenvalue weighted by Crippen LogP contribution is -2.32. The number of hydrogen-bond donors (Lipinski definition) is 1. The number of benzene rings is 3. The topological polar surface area (TPSA) is 75.7 Å². The van der Waals surface area contributed by atoms with E-state index in [9.17, 15) is 22.0 Å². The Morgan fingerprint density at radius 3 is 2.61 bits per heavy atom. The van der Waals surface area contributed by atoms with Gasteiger partial charge < -0.3 is 10.1 Å². The van der Waals surface area contributed by atoms with Crippen LogP contribution < -0.4 is 10.1 Å². The lowest BCUT2D eigenvalue weighted by Gasteiger charge is -2.20. The van der Waals surface area contributed by atoms with Gasteiger partial charge >= 0.3 is 0 Å². The fourth-order valence-corrected chi connectivity index (χ4v) is 5.10. The third kappa shape index (κ3) is 5.00. The Labute approximate surface area is 194 Å². The number of ether oxygens (including phenoxy) is 1. The van der Waals surface area contributed by atoms with Crippen LogP contribution in [0.15, 0.2) is 65.6 Å². The molecule has 172 valence electrons. The van der Waals surface area contributed by atoms with Crippen LogP contribution in [-0.4, -0.2) is 31.8 Å². The zero-order valence-electron chi connectivity index (χ0n) is 17.2. The van der Waals surface area contributed by atoms with E-state index in [1.807, 2.05) is 0 Å². The summed E-state index contributed by atoms with van der Waals surface area (Å²) in [7, 11) is -3.99. The Hall–Kier alpha value is -3.01. The number of amides is 1. The van der Waals surface area contributed by atoms with Crippen molar-refractivity contribution in [3.8, 4) is 5.75 Å². The van der Waals surface area contributed by atoms with E-state index in [0.29, 0.717) is 16.9 Å². The first kappa shape index (κ1) is 23.2. The van der Waals surface area contributed by atoms with Crippen molar-refractivity contribution in [1.82, 2.24) is 9.62 Å². The van der Waals surface area contributed by atoms with Crippen LogP contribution in [0.2, 0.25) is 5.02 Å². The molecule has 0 unspecified atom stereocenters. The van der Waals surface area contributed by atoms with Crippen LogP contribution >= 0.6 is 11.6 Å². The summed E-state index contributed by atoms with van der Waals surface area (Å²) in [4.78, 5) is 12.5. The van der Waals surface area contributed by atoms with Crippen LogP contribution in [0.3, 0.4) is 0 Å². The average molecular weight is 493 g/mol. The molecule has 1 N–H and O–H groups in total. The largest absolute Gasteiger partial charge is 0.492 e. The highest BCUT2D eigenvalue weighted by molar-refractivity contribution is 7.89. The van der Waals surface area contributed by atoms with E-state index < -0.39 is 27.6 Å². The van der Waals surface area contributed by atoms with Crippen molar-refractivity contribution in [3.05, 3.63) is 94.0 Å². The van der Waals surface area contributed by atoms with Gasteiger partial charge in [0.05, 0.1) is 9.92 Å². The molecule has 0 radical (unpaired) electrons. The van der Waals surface area contributed by atoms with E-state index in [4.69, 9.17) is 16.3 Å². The van der Waals surface area contributed by atoms with Crippen LogP contribution in [0.25, 0.3) is 0 Å². The molecule has 6 nitrogen and oxygen atoms in total. The molecule has 4 rings (SSSR count). The van der Waals surface area contributed by atoms with E-state index in [0.717, 1.165) is 18.2 Å². The van der Waals surface area contributed by atoms with Crippen molar-refractivity contribution in [2.75, 3.05) is 13.2 Å². The van der Waals surface area contributed by atoms with Crippen molar-refractivity contribution in [2.24, 2.45) is 0 Å². The SMILES string of the molecule is O=C(NCc1ccccc1F)c1ccc2c(c1)CN(S(=O)(=O)c1ccc(F)c(Cl)c1)CCO2. The van der Waals surface area contributed by atoms with Crippen molar-refractivity contribution in [2.45, 2.75) is 18.0 Å². The highest BCUT2D eigenvalue weighted by atomic mass is 35.5. The molecule has 10 heteroatoms. The molecule has 3 aromatic carbocycles. The molecule has 0 aromatic heterocycles. The van der Waals surface area contributed by atoms with Gasteiger partial charge in [-0.1, -0.05) is 29.8 Å². The molecule has 1 aliphatic rings. The molecular weight excluding hydrogens is 474 g/mol. The number of carbonyl (C=O) groups is 1. The Morgan fingerprint density at radius 2 is 1.85 bits per heavy atom. The molecule has 1 aliphatic heterocycles. The maximum absolute atomic E-state index is 13.8. The second-order valence-corrected chi connectivity index (χ2v) is 9.70. The van der Waals surface area contributed by atoms with Crippen LogP contribution in [-0.2, 0) is 23.1 Å². The predicted molar refractivity (Wildman–Crippen MR) is 119 cm³/mol. The number of nitrogens with zero attached hydrogens (tertiary/aromatic N) is 1. The molecule has 0 saturated carbocycles. The normalized spacial score (nSPS) is 14.2. The summed E-state index contributed by atoms with van der Waals surface area (Å²) in [6.45, 7) is 0.104. The molecule has 0 fully saturated rings. The van der Waals surface area contributed by atoms with Crippen LogP contribution in [0.1, 0.15) is 21.5 Å². The highest BCUT2D eigenvalue weighted by Crippen LogP contribution is 2.29. The Morgan fingerprint density at radius 1 is 1.06 bits per heavy atom. The van der Waals surface area contributed by atoms with E-state index in [1.54, 1.807) is 30.3 Å². The fourth-order valence-electron chi connectivity index (χ4n) is 3.42. The second-order valence-electron chi connectivity index (χ2n) is 7.36. The summed E-state index contributed by atoms with van der Waals surface area (Å²) in [5.41, 5.74) is 1.11. The number of nitrogens with one attached hydrogen (secondary N) is 1. The fraction of sp³-hybridized carbons (Fsp3) is 0.174. The quantitative estimate of drug-likeness (QED) is 0.581. The third-order valence-electron chi connectivity index (χ3n) is 5.19. The van der Waals surface area contributed by atoms with Gasteiger partial charge in [-0.15, -0.1) is 0 Å². The van der Waals surface area contributed by atoms with E-state index in [1.165, 1.54) is 16.4 Å². The minimum absolute atomic E-state index is 0.00488. The highest BCUT2D eigenvalue weighted by Gasteiger charge is 2.28. The number of rotatable bonds is 5. The van der Waals surface area contributed by atoms with Gasteiger partial charge in [-0.2, -0.15) is 4.31 Å². The summed E-state index contributed by atoms with van der Waals surface area (Å²) in [5.74, 6) is -1.12. The van der Waals surface area contributed by atoms with E-state index >= 15 is 0 Å². The van der Waals surface area contributed by atoms with Gasteiger partial charge in [-0.3, -0.25) is 4.79 Å². The predicted octanol–water partition coefficient (Wildman–Crippen LogP) is 4.13. The van der Waals surface area contributed by atoms with Crippen molar-refractivity contribution in [3.63, 3.8) is 0 Å². The lowest BCUT2D eigenvalue weighted by molar-refractivity contribution is 0.0950. The van der Waals surface area contributed by atoms with Gasteiger partial charge in [0, 0.05) is 36.3 Å². The summed E-state index contributed by atoms with van der Waals surface area (Å²) in [5, 5.41) is 2.36.